The first kappa shape index (κ1) is 80.3. The topological polar surface area (TPSA) is 195 Å². The molecule has 4 bridgehead atoms. The van der Waals surface area contributed by atoms with Gasteiger partial charge < -0.3 is 55.6 Å². The van der Waals surface area contributed by atoms with Gasteiger partial charge in [0, 0.05) is 152 Å². The summed E-state index contributed by atoms with van der Waals surface area (Å²) in [7, 11) is 8.94. The molecule has 0 aromatic carbocycles. The minimum atomic E-state index is 0.171. The van der Waals surface area contributed by atoms with E-state index in [0.717, 1.165) is 192 Å². The Kier molecular flexibility index (Phi) is 23.8. The first-order valence-corrected chi connectivity index (χ1v) is 45.2. The van der Waals surface area contributed by atoms with Crippen LogP contribution in [0.5, 0.6) is 0 Å². The van der Waals surface area contributed by atoms with Crippen molar-refractivity contribution in [2.75, 3.05) is 126 Å². The van der Waals surface area contributed by atoms with Gasteiger partial charge in [-0.15, -0.1) is 0 Å². The molecular formula is C95H121ClN24. The second-order valence-corrected chi connectivity index (χ2v) is 36.4. The van der Waals surface area contributed by atoms with Crippen molar-refractivity contribution in [3.63, 3.8) is 0 Å². The highest BCUT2D eigenvalue weighted by atomic mass is 35.5. The van der Waals surface area contributed by atoms with Gasteiger partial charge in [-0.05, 0) is 247 Å². The predicted molar refractivity (Wildman–Crippen MR) is 480 cm³/mol. The molecule has 12 aromatic heterocycles. The van der Waals surface area contributed by atoms with Crippen LogP contribution >= 0.6 is 11.6 Å². The normalized spacial score (nSPS) is 26.4. The lowest BCUT2D eigenvalue weighted by Gasteiger charge is -2.41. The van der Waals surface area contributed by atoms with Crippen molar-refractivity contribution in [3.8, 4) is 0 Å². The largest absolute Gasteiger partial charge is 0.355 e. The summed E-state index contributed by atoms with van der Waals surface area (Å²) in [6, 6.07) is 47.1. The number of aromatic nitrogens is 12. The number of fused-ring (bicyclic) bond motifs is 8. The molecule has 12 atom stereocenters. The van der Waals surface area contributed by atoms with Crippen LogP contribution in [0.15, 0.2) is 171 Å². The second-order valence-electron chi connectivity index (χ2n) is 36.0. The second kappa shape index (κ2) is 35.5. The van der Waals surface area contributed by atoms with Crippen molar-refractivity contribution >= 4 is 57.5 Å². The predicted octanol–water partition coefficient (Wildman–Crippen LogP) is 14.8. The van der Waals surface area contributed by atoms with Crippen LogP contribution in [0.1, 0.15) is 213 Å². The number of hydrogen-bond donors (Lipinski definition) is 4. The van der Waals surface area contributed by atoms with E-state index < -0.39 is 0 Å². The summed E-state index contributed by atoms with van der Waals surface area (Å²) < 4.78 is 9.18. The zero-order chi connectivity index (χ0) is 81.5. The van der Waals surface area contributed by atoms with E-state index in [1.54, 1.807) is 0 Å². The van der Waals surface area contributed by atoms with Gasteiger partial charge in [0.1, 0.15) is 45.9 Å². The molecule has 628 valence electrons. The van der Waals surface area contributed by atoms with Gasteiger partial charge in [-0.2, -0.15) is 0 Å². The van der Waals surface area contributed by atoms with Crippen molar-refractivity contribution in [2.45, 2.75) is 196 Å². The number of halogens is 1. The molecule has 25 heteroatoms. The van der Waals surface area contributed by atoms with E-state index in [4.69, 9.17) is 31.5 Å². The molecule has 10 aliphatic rings. The van der Waals surface area contributed by atoms with Crippen LogP contribution in [-0.2, 0) is 0 Å². The number of nitrogens with zero attached hydrogens (tertiary/aromatic N) is 20. The summed E-state index contributed by atoms with van der Waals surface area (Å²) in [6.45, 7) is 19.6. The third kappa shape index (κ3) is 16.9. The average molecular weight is 1630 g/mol. The van der Waals surface area contributed by atoms with Gasteiger partial charge >= 0.3 is 0 Å². The summed E-state index contributed by atoms with van der Waals surface area (Å²) in [5, 5.41) is 16.0. The lowest BCUT2D eigenvalue weighted by Crippen LogP contribution is -2.53. The monoisotopic (exact) mass is 1630 g/mol. The molecule has 24 nitrogen and oxygen atoms in total. The van der Waals surface area contributed by atoms with Crippen LogP contribution in [0.4, 0.5) is 23.3 Å². The fourth-order valence-electron chi connectivity index (χ4n) is 21.4. The molecule has 0 radical (unpaired) electrons. The number of likely N-dealkylation sites (tertiary alicyclic amines) is 1. The molecule has 10 aliphatic heterocycles. The van der Waals surface area contributed by atoms with Crippen LogP contribution in [0, 0.1) is 20.8 Å². The molecule has 10 fully saturated rings. The Bertz CT molecular complexity index is 5310. The van der Waals surface area contributed by atoms with Gasteiger partial charge in [-0.1, -0.05) is 54.1 Å². The summed E-state index contributed by atoms with van der Waals surface area (Å²) >= 11 is 6.40. The number of pyridine rings is 8. The molecule has 22 rings (SSSR count). The maximum absolute atomic E-state index is 6.40. The van der Waals surface area contributed by atoms with Crippen molar-refractivity contribution in [2.24, 2.45) is 0 Å². The number of likely N-dealkylation sites (N-methyl/N-ethyl adjacent to an activating group) is 4. The smallest absolute Gasteiger partial charge is 0.138 e. The SMILES string of the molecule is CN1CCN(c2cccc3nc([C@H]4CCC[C@@H](c5ncccc5Cl)N4)cn23)CC1.Cc1cccnc1[C@@H]1CCC[C@H](c2cn3c(N4C5CCC4CN(C)C5)cccc3n2)N1.Cc1cccnc1[C@@H]1CCC[C@H](c2cn3c(N4CC5CCC(C4)N5C)cccc3n2)N1.Cc1cccnc1[C@@H]1CCC[C@H](c2cn3c(N4CCN(C)CC4)cccc3n2)N1. The maximum atomic E-state index is 6.40. The number of aryl methyl sites for hydroxylation is 3. The molecule has 4 N–H and O–H groups in total. The van der Waals surface area contributed by atoms with Gasteiger partial charge in [0.05, 0.1) is 98.9 Å². The van der Waals surface area contributed by atoms with E-state index in [1.807, 2.05) is 55.1 Å². The first-order chi connectivity index (χ1) is 58.7. The van der Waals surface area contributed by atoms with Crippen LogP contribution in [0.3, 0.4) is 0 Å². The fraction of sp³-hybridized carbons (Fsp3) is 0.495. The Morgan fingerprint density at radius 3 is 0.967 bits per heavy atom. The fourth-order valence-corrected chi connectivity index (χ4v) is 21.6. The summed E-state index contributed by atoms with van der Waals surface area (Å²) in [5.41, 5.74) is 17.0. The summed E-state index contributed by atoms with van der Waals surface area (Å²) in [6.07, 6.45) is 35.4. The number of piperidine rings is 4. The van der Waals surface area contributed by atoms with Crippen molar-refractivity contribution in [1.82, 2.24) is 98.3 Å². The third-order valence-corrected chi connectivity index (χ3v) is 28.3. The third-order valence-electron chi connectivity index (χ3n) is 27.9. The molecule has 0 aliphatic carbocycles. The van der Waals surface area contributed by atoms with Gasteiger partial charge in [0.25, 0.3) is 0 Å². The number of imidazole rings is 4. The molecule has 10 saturated heterocycles. The lowest BCUT2D eigenvalue weighted by molar-refractivity contribution is 0.211. The molecule has 12 aromatic rings. The van der Waals surface area contributed by atoms with Gasteiger partial charge in [-0.3, -0.25) is 42.4 Å². The van der Waals surface area contributed by atoms with Crippen LogP contribution in [0.25, 0.3) is 22.6 Å². The van der Waals surface area contributed by atoms with E-state index in [0.29, 0.717) is 42.3 Å². The van der Waals surface area contributed by atoms with Gasteiger partial charge in [-0.25, -0.2) is 19.9 Å². The van der Waals surface area contributed by atoms with Crippen LogP contribution in [0.2, 0.25) is 5.02 Å². The molecule has 120 heavy (non-hydrogen) atoms. The van der Waals surface area contributed by atoms with Crippen molar-refractivity contribution in [1.29, 1.82) is 0 Å². The minimum Gasteiger partial charge on any atom is -0.355 e. The molecule has 4 unspecified atom stereocenters. The van der Waals surface area contributed by atoms with Crippen LogP contribution < -0.4 is 40.9 Å². The van der Waals surface area contributed by atoms with Crippen molar-refractivity contribution in [3.05, 3.63) is 238 Å². The Hall–Kier alpha value is -9.47. The molecule has 0 spiro atoms. The molecule has 0 amide bonds. The Labute approximate surface area is 712 Å². The summed E-state index contributed by atoms with van der Waals surface area (Å²) in [4.78, 5) is 58.7. The van der Waals surface area contributed by atoms with E-state index in [2.05, 4.69) is 263 Å². The highest BCUT2D eigenvalue weighted by Crippen LogP contribution is 2.42. The standard InChI is InChI=1S/2C25H32N6.C23H30N6.C22H27ClN6/c1-17-6-5-13-26-25(17)21-8-3-7-20(27-21)22-16-31-23(28-22)9-4-10-24(31)30-14-18-11-12-19(15-30)29(18)2;1-17-6-5-13-26-25(17)21-8-3-7-20(27-21)22-16-30-23(28-22)9-4-10-24(30)31-18-11-12-19(31)15-29(2)14-18;1-17-6-5-11-24-23(17)19-8-3-7-18(25-19)20-16-29-21(26-20)9-4-10-22(29)28-14-12-27(2)13-15-28;1-27-11-13-28(14-12-27)21-9-3-8-20-26-19(15-29(20)21)17-6-2-7-18(25-17)22-16(23)5-4-10-24-22/h2*4-6,9-10,13,16,18-21,27H,3,7-8,11-12,14-15H2,1-2H3;4-6,9-11,16,18-19,25H,3,7-8,12-15H2,1-2H3;3-5,8-10,15,17-18,25H,2,6-7,11-14H2,1H3/t2*18?,19?,20-,21+;18-,19+;17-,18+/m1111/s1. The number of piperazine rings is 4. The van der Waals surface area contributed by atoms with Gasteiger partial charge in [0.15, 0.2) is 0 Å². The number of rotatable bonds is 12. The average Bonchev–Trinajstić information content (AvgIpc) is 1.61. The van der Waals surface area contributed by atoms with Crippen molar-refractivity contribution < 1.29 is 0 Å². The Morgan fingerprint density at radius 1 is 0.300 bits per heavy atom. The number of anilines is 4. The van der Waals surface area contributed by atoms with E-state index >= 15 is 0 Å². The quantitative estimate of drug-likeness (QED) is 0.0901. The van der Waals surface area contributed by atoms with E-state index in [-0.39, 0.29) is 30.2 Å². The summed E-state index contributed by atoms with van der Waals surface area (Å²) in [5.74, 6) is 5.08. The Morgan fingerprint density at radius 2 is 0.608 bits per heavy atom. The van der Waals surface area contributed by atoms with Gasteiger partial charge in [0.2, 0.25) is 0 Å². The van der Waals surface area contributed by atoms with E-state index in [9.17, 15) is 0 Å². The highest BCUT2D eigenvalue weighted by Gasteiger charge is 2.42. The number of hydrogen-bond acceptors (Lipinski definition) is 20. The molecule has 0 saturated carbocycles. The highest BCUT2D eigenvalue weighted by molar-refractivity contribution is 6.31. The Balaban J connectivity index is 0.000000106. The zero-order valence-electron chi connectivity index (χ0n) is 71.2. The maximum Gasteiger partial charge on any atom is 0.138 e. The lowest BCUT2D eigenvalue weighted by atomic mass is 9.93. The number of nitrogens with one attached hydrogen (secondary N) is 4. The molecular weight excluding hydrogens is 1510 g/mol. The van der Waals surface area contributed by atoms with Crippen LogP contribution in [-0.4, -0.2) is 208 Å². The zero-order valence-corrected chi connectivity index (χ0v) is 72.0. The molecule has 22 heterocycles. The first-order valence-electron chi connectivity index (χ1n) is 44.8. The minimum absolute atomic E-state index is 0.171. The van der Waals surface area contributed by atoms with E-state index in [1.165, 1.54) is 102 Å².